The average Bonchev–Trinajstić information content (AvgIpc) is 2.81. The lowest BCUT2D eigenvalue weighted by Gasteiger charge is -2.21. The van der Waals surface area contributed by atoms with Crippen molar-refractivity contribution in [3.05, 3.63) is 24.3 Å². The predicted octanol–water partition coefficient (Wildman–Crippen LogP) is 3.03. The minimum atomic E-state index is 0. The molecule has 7 heteroatoms. The van der Waals surface area contributed by atoms with Gasteiger partial charge in [-0.3, -0.25) is 4.99 Å². The summed E-state index contributed by atoms with van der Waals surface area (Å²) in [6, 6.07) is 0. The molecule has 0 radical (unpaired) electrons. The third-order valence-electron chi connectivity index (χ3n) is 4.52. The zero-order chi connectivity index (χ0) is 17.2. The smallest absolute Gasteiger partial charge is 0.193 e. The van der Waals surface area contributed by atoms with E-state index in [0.29, 0.717) is 0 Å². The summed E-state index contributed by atoms with van der Waals surface area (Å²) in [5, 5.41) is 12.2. The van der Waals surface area contributed by atoms with Crippen LogP contribution in [0.3, 0.4) is 0 Å². The van der Waals surface area contributed by atoms with Crippen molar-refractivity contribution in [2.75, 3.05) is 27.2 Å². The number of nitrogens with one attached hydrogen (secondary N) is 1. The molecule has 2 heterocycles. The Kier molecular flexibility index (Phi) is 10.8. The Labute approximate surface area is 169 Å². The fourth-order valence-corrected chi connectivity index (χ4v) is 3.14. The number of hydrogen-bond donors (Lipinski definition) is 1. The summed E-state index contributed by atoms with van der Waals surface area (Å²) in [5.74, 6) is 3.27. The molecule has 0 bridgehead atoms. The summed E-state index contributed by atoms with van der Waals surface area (Å²) in [7, 11) is 3.92. The third kappa shape index (κ3) is 6.95. The molecule has 0 amide bonds. The molecule has 2 rings (SSSR count). The monoisotopic (exact) mass is 460 g/mol. The van der Waals surface area contributed by atoms with E-state index in [-0.39, 0.29) is 24.0 Å². The molecule has 0 aromatic carbocycles. The second-order valence-corrected chi connectivity index (χ2v) is 6.42. The van der Waals surface area contributed by atoms with Crippen LogP contribution in [-0.4, -0.2) is 52.8 Å². The topological polar surface area (TPSA) is 58.3 Å². The summed E-state index contributed by atoms with van der Waals surface area (Å²) < 4.78 is 2.34. The highest BCUT2D eigenvalue weighted by Gasteiger charge is 2.14. The highest BCUT2D eigenvalue weighted by atomic mass is 127. The maximum absolute atomic E-state index is 4.40. The Balaban J connectivity index is 0.00000312. The van der Waals surface area contributed by atoms with Gasteiger partial charge < -0.3 is 14.8 Å². The summed E-state index contributed by atoms with van der Waals surface area (Å²) >= 11 is 0. The van der Waals surface area contributed by atoms with E-state index in [2.05, 4.69) is 43.6 Å². The van der Waals surface area contributed by atoms with E-state index in [1.54, 1.807) is 0 Å². The van der Waals surface area contributed by atoms with Gasteiger partial charge in [0.1, 0.15) is 11.6 Å². The molecular weight excluding hydrogens is 427 g/mol. The molecule has 0 aliphatic carbocycles. The quantitative estimate of drug-likeness (QED) is 0.213. The van der Waals surface area contributed by atoms with Gasteiger partial charge in [0.25, 0.3) is 0 Å². The van der Waals surface area contributed by atoms with Crippen LogP contribution in [0.25, 0.3) is 0 Å². The number of halogens is 1. The fraction of sp³-hybridized carbons (Fsp3) is 0.722. The zero-order valence-corrected chi connectivity index (χ0v) is 18.0. The van der Waals surface area contributed by atoms with Crippen LogP contribution in [0.5, 0.6) is 0 Å². The normalized spacial score (nSPS) is 14.2. The first kappa shape index (κ1) is 21.9. The van der Waals surface area contributed by atoms with Crippen molar-refractivity contribution in [2.45, 2.75) is 57.9 Å². The van der Waals surface area contributed by atoms with Crippen LogP contribution in [0.1, 0.15) is 50.2 Å². The lowest BCUT2D eigenvalue weighted by Crippen LogP contribution is -2.39. The summed E-state index contributed by atoms with van der Waals surface area (Å²) in [4.78, 5) is 6.53. The summed E-state index contributed by atoms with van der Waals surface area (Å²) in [5.41, 5.74) is 0. The first-order chi connectivity index (χ1) is 11.8. The Bertz CT molecular complexity index is 540. The van der Waals surface area contributed by atoms with Gasteiger partial charge in [-0.1, -0.05) is 12.5 Å². The number of fused-ring (bicyclic) bond motifs is 1. The highest BCUT2D eigenvalue weighted by molar-refractivity contribution is 14.0. The Hall–Kier alpha value is -1.12. The molecular formula is C18H33IN6. The maximum atomic E-state index is 4.40. The molecule has 6 nitrogen and oxygen atoms in total. The van der Waals surface area contributed by atoms with E-state index >= 15 is 0 Å². The number of hydrogen-bond acceptors (Lipinski definition) is 3. The summed E-state index contributed by atoms with van der Waals surface area (Å²) in [6.45, 7) is 6.74. The van der Waals surface area contributed by atoms with E-state index in [0.717, 1.165) is 63.5 Å². The molecule has 0 spiro atoms. The Morgan fingerprint density at radius 2 is 2.16 bits per heavy atom. The number of nitrogens with zero attached hydrogens (tertiary/aromatic N) is 5. The lowest BCUT2D eigenvalue weighted by atomic mass is 10.2. The Morgan fingerprint density at radius 1 is 1.32 bits per heavy atom. The molecule has 0 unspecified atom stereocenters. The molecule has 1 aromatic rings. The van der Waals surface area contributed by atoms with Gasteiger partial charge in [0.15, 0.2) is 5.96 Å². The third-order valence-corrected chi connectivity index (χ3v) is 4.52. The van der Waals surface area contributed by atoms with Gasteiger partial charge in [-0.2, -0.15) is 0 Å². The minimum absolute atomic E-state index is 0. The molecule has 1 aromatic heterocycles. The second kappa shape index (κ2) is 12.3. The fourth-order valence-electron chi connectivity index (χ4n) is 3.14. The van der Waals surface area contributed by atoms with Gasteiger partial charge in [-0.25, -0.2) is 0 Å². The number of aliphatic imine (C=N–C) groups is 1. The first-order valence-electron chi connectivity index (χ1n) is 9.20. The van der Waals surface area contributed by atoms with Gasteiger partial charge in [0, 0.05) is 46.6 Å². The molecule has 0 fully saturated rings. The van der Waals surface area contributed by atoms with Crippen molar-refractivity contribution in [3.8, 4) is 0 Å². The lowest BCUT2D eigenvalue weighted by molar-refractivity contribution is 0.468. The van der Waals surface area contributed by atoms with Crippen molar-refractivity contribution in [2.24, 2.45) is 4.99 Å². The van der Waals surface area contributed by atoms with Crippen LogP contribution in [0.4, 0.5) is 0 Å². The zero-order valence-electron chi connectivity index (χ0n) is 15.7. The second-order valence-electron chi connectivity index (χ2n) is 6.42. The molecule has 1 aliphatic rings. The van der Waals surface area contributed by atoms with E-state index in [9.17, 15) is 0 Å². The Morgan fingerprint density at radius 3 is 2.92 bits per heavy atom. The van der Waals surface area contributed by atoms with E-state index in [1.165, 1.54) is 25.1 Å². The largest absolute Gasteiger partial charge is 0.356 e. The molecule has 0 saturated carbocycles. The first-order valence-corrected chi connectivity index (χ1v) is 9.20. The van der Waals surface area contributed by atoms with Gasteiger partial charge in [-0.15, -0.1) is 40.8 Å². The van der Waals surface area contributed by atoms with Crippen molar-refractivity contribution in [1.29, 1.82) is 0 Å². The van der Waals surface area contributed by atoms with Crippen molar-refractivity contribution < 1.29 is 0 Å². The van der Waals surface area contributed by atoms with E-state index in [1.807, 2.05) is 13.1 Å². The van der Waals surface area contributed by atoms with Crippen LogP contribution in [0.15, 0.2) is 17.6 Å². The SMILES string of the molecule is C=CCCCN(C)C(=NC)NCCCc1nnc2n1CCCCC2.I. The average molecular weight is 460 g/mol. The van der Waals surface area contributed by atoms with Crippen LogP contribution in [0.2, 0.25) is 0 Å². The van der Waals surface area contributed by atoms with Gasteiger partial charge in [0.2, 0.25) is 0 Å². The number of allylic oxidation sites excluding steroid dienone is 1. The number of aromatic nitrogens is 3. The molecule has 25 heavy (non-hydrogen) atoms. The molecule has 1 aliphatic heterocycles. The standard InChI is InChI=1S/C18H32N6.HI/c1-4-5-8-14-23(3)18(19-2)20-13-10-12-17-22-21-16-11-7-6-9-15-24(16)17;/h4H,1,5-15H2,2-3H3,(H,19,20);1H. The van der Waals surface area contributed by atoms with Crippen molar-refractivity contribution in [1.82, 2.24) is 25.0 Å². The predicted molar refractivity (Wildman–Crippen MR) is 115 cm³/mol. The maximum Gasteiger partial charge on any atom is 0.193 e. The number of aryl methyl sites for hydroxylation is 2. The molecule has 0 saturated heterocycles. The number of guanidine groups is 1. The van der Waals surface area contributed by atoms with E-state index in [4.69, 9.17) is 0 Å². The summed E-state index contributed by atoms with van der Waals surface area (Å²) in [6.07, 6.45) is 11.0. The van der Waals surface area contributed by atoms with Crippen LogP contribution < -0.4 is 5.32 Å². The highest BCUT2D eigenvalue weighted by Crippen LogP contribution is 2.15. The van der Waals surface area contributed by atoms with Crippen molar-refractivity contribution in [3.63, 3.8) is 0 Å². The minimum Gasteiger partial charge on any atom is -0.356 e. The van der Waals surface area contributed by atoms with Crippen LogP contribution in [0, 0.1) is 0 Å². The molecule has 142 valence electrons. The number of rotatable bonds is 8. The van der Waals surface area contributed by atoms with Crippen LogP contribution >= 0.6 is 24.0 Å². The molecule has 1 N–H and O–H groups in total. The van der Waals surface area contributed by atoms with Gasteiger partial charge >= 0.3 is 0 Å². The van der Waals surface area contributed by atoms with E-state index < -0.39 is 0 Å². The van der Waals surface area contributed by atoms with Gasteiger partial charge in [0.05, 0.1) is 0 Å². The van der Waals surface area contributed by atoms with Crippen LogP contribution in [-0.2, 0) is 19.4 Å². The number of unbranched alkanes of at least 4 members (excludes halogenated alkanes) is 1. The molecule has 0 atom stereocenters. The van der Waals surface area contributed by atoms with Crippen molar-refractivity contribution >= 4 is 29.9 Å². The van der Waals surface area contributed by atoms with Gasteiger partial charge in [-0.05, 0) is 32.1 Å².